The number of fused-ring (bicyclic) bond motifs is 1. The van der Waals surface area contributed by atoms with Gasteiger partial charge in [0, 0.05) is 24.7 Å². The van der Waals surface area contributed by atoms with E-state index in [1.54, 1.807) is 18.5 Å². The number of aromatic nitrogens is 4. The van der Waals surface area contributed by atoms with Crippen LogP contribution in [0.4, 0.5) is 5.82 Å². The number of nitrogens with zero attached hydrogens (tertiary/aromatic N) is 5. The first kappa shape index (κ1) is 32.7. The van der Waals surface area contributed by atoms with Crippen molar-refractivity contribution in [2.75, 3.05) is 31.6 Å². The van der Waals surface area contributed by atoms with E-state index in [0.29, 0.717) is 64.9 Å². The molecular formula is C33H50N6O4Si. The van der Waals surface area contributed by atoms with Crippen LogP contribution in [0.5, 0.6) is 0 Å². The summed E-state index contributed by atoms with van der Waals surface area (Å²) in [5, 5.41) is 13.9. The Morgan fingerprint density at radius 3 is 2.36 bits per heavy atom. The predicted molar refractivity (Wildman–Crippen MR) is 175 cm³/mol. The van der Waals surface area contributed by atoms with Crippen molar-refractivity contribution in [1.82, 2.24) is 24.4 Å². The Balaban J connectivity index is 1.47. The number of carbonyl (C=O) groups is 1. The minimum atomic E-state index is -2.21. The van der Waals surface area contributed by atoms with Crippen LogP contribution in [0.1, 0.15) is 90.2 Å². The quantitative estimate of drug-likeness (QED) is 0.244. The maximum absolute atomic E-state index is 12.9. The first-order chi connectivity index (χ1) is 21.1. The van der Waals surface area contributed by atoms with Gasteiger partial charge in [0.15, 0.2) is 25.3 Å². The van der Waals surface area contributed by atoms with E-state index in [4.69, 9.17) is 9.16 Å². The van der Waals surface area contributed by atoms with Crippen LogP contribution in [0.2, 0.25) is 16.6 Å². The van der Waals surface area contributed by atoms with Gasteiger partial charge in [-0.2, -0.15) is 0 Å². The molecule has 1 aliphatic carbocycles. The van der Waals surface area contributed by atoms with Crippen molar-refractivity contribution in [1.29, 1.82) is 0 Å². The molecule has 2 aromatic heterocycles. The van der Waals surface area contributed by atoms with Gasteiger partial charge in [-0.25, -0.2) is 15.0 Å². The minimum absolute atomic E-state index is 0.147. The van der Waals surface area contributed by atoms with Gasteiger partial charge in [-0.3, -0.25) is 14.3 Å². The van der Waals surface area contributed by atoms with Crippen LogP contribution < -0.4 is 5.32 Å². The first-order valence-electron chi connectivity index (χ1n) is 16.3. The molecule has 0 radical (unpaired) electrons. The molecule has 2 N–H and O–H groups in total. The molecule has 1 saturated heterocycles. The molecule has 3 heterocycles. The second-order valence-corrected chi connectivity index (χ2v) is 19.1. The highest BCUT2D eigenvalue weighted by Gasteiger charge is 2.50. The highest BCUT2D eigenvalue weighted by Crippen LogP contribution is 2.44. The number of rotatable bonds is 11. The van der Waals surface area contributed by atoms with Gasteiger partial charge < -0.3 is 19.6 Å². The predicted octanol–water partition coefficient (Wildman–Crippen LogP) is 6.17. The number of amides is 1. The van der Waals surface area contributed by atoms with Gasteiger partial charge in [-0.05, 0) is 41.6 Å². The molecule has 240 valence electrons. The van der Waals surface area contributed by atoms with Crippen LogP contribution in [0.3, 0.4) is 0 Å². The highest BCUT2D eigenvalue weighted by atomic mass is 28.4. The Hall–Kier alpha value is -2.70. The fourth-order valence-electron chi connectivity index (χ4n) is 7.76. The monoisotopic (exact) mass is 622 g/mol. The normalized spacial score (nSPS) is 22.4. The number of benzene rings is 1. The zero-order chi connectivity index (χ0) is 31.5. The summed E-state index contributed by atoms with van der Waals surface area (Å²) in [5.41, 5.74) is 1.97. The standard InChI is InChI=1S/C33H50N6O4Si/c1-23(2)44(24(3)4,25(5)6)42-20-33(19-40)18-38(27-15-11-8-12-16-27)17-28(43-33)39-22-36-29-30(34-21-35-31(29)39)37-32(41)26-13-9-7-10-14-26/h7,9-10,13-14,21-25,27-28,40H,8,11-12,15-20H2,1-6H3,(H,34,35,37,41)/t28-,33+/m1/s1. The topological polar surface area (TPSA) is 115 Å². The van der Waals surface area contributed by atoms with Crippen molar-refractivity contribution in [3.8, 4) is 0 Å². The molecule has 0 spiro atoms. The van der Waals surface area contributed by atoms with E-state index in [-0.39, 0.29) is 12.5 Å². The van der Waals surface area contributed by atoms with Gasteiger partial charge in [0.1, 0.15) is 18.2 Å². The van der Waals surface area contributed by atoms with Crippen LogP contribution >= 0.6 is 0 Å². The molecule has 5 rings (SSSR count). The number of aliphatic hydroxyl groups excluding tert-OH is 1. The Kier molecular flexibility index (Phi) is 10.2. The Bertz CT molecular complexity index is 1370. The molecule has 2 fully saturated rings. The van der Waals surface area contributed by atoms with Crippen molar-refractivity contribution in [3.05, 3.63) is 48.5 Å². The third-order valence-electron chi connectivity index (χ3n) is 9.88. The largest absolute Gasteiger partial charge is 0.413 e. The van der Waals surface area contributed by atoms with Crippen LogP contribution in [0.25, 0.3) is 11.2 Å². The lowest BCUT2D eigenvalue weighted by atomic mass is 9.92. The number of hydrogen-bond donors (Lipinski definition) is 2. The van der Waals surface area contributed by atoms with Gasteiger partial charge in [0.05, 0.1) is 19.5 Å². The number of imidazole rings is 1. The van der Waals surface area contributed by atoms with Gasteiger partial charge in [0.25, 0.3) is 5.91 Å². The maximum Gasteiger partial charge on any atom is 0.256 e. The molecule has 1 amide bonds. The van der Waals surface area contributed by atoms with Crippen molar-refractivity contribution in [3.63, 3.8) is 0 Å². The molecule has 44 heavy (non-hydrogen) atoms. The van der Waals surface area contributed by atoms with Gasteiger partial charge in [-0.1, -0.05) is 79.0 Å². The number of ether oxygens (including phenoxy) is 1. The minimum Gasteiger partial charge on any atom is -0.413 e. The molecule has 0 unspecified atom stereocenters. The lowest BCUT2D eigenvalue weighted by molar-refractivity contribution is -0.217. The molecule has 10 nitrogen and oxygen atoms in total. The summed E-state index contributed by atoms with van der Waals surface area (Å²) < 4.78 is 15.9. The number of hydrogen-bond acceptors (Lipinski definition) is 8. The average Bonchev–Trinajstić information content (AvgIpc) is 3.47. The van der Waals surface area contributed by atoms with E-state index < -0.39 is 20.1 Å². The fourth-order valence-corrected chi connectivity index (χ4v) is 13.3. The zero-order valence-electron chi connectivity index (χ0n) is 27.2. The van der Waals surface area contributed by atoms with Crippen LogP contribution in [-0.2, 0) is 9.16 Å². The van der Waals surface area contributed by atoms with Crippen molar-refractivity contribution >= 4 is 31.2 Å². The maximum atomic E-state index is 12.9. The molecule has 2 atom stereocenters. The first-order valence-corrected chi connectivity index (χ1v) is 18.4. The summed E-state index contributed by atoms with van der Waals surface area (Å²) in [4.78, 5) is 29.0. The van der Waals surface area contributed by atoms with Gasteiger partial charge in [-0.15, -0.1) is 0 Å². The second kappa shape index (κ2) is 13.7. The average molecular weight is 623 g/mol. The highest BCUT2D eigenvalue weighted by molar-refractivity contribution is 6.77. The van der Waals surface area contributed by atoms with Crippen molar-refractivity contribution in [2.24, 2.45) is 0 Å². The summed E-state index contributed by atoms with van der Waals surface area (Å²) in [7, 11) is -2.21. The molecule has 0 bridgehead atoms. The number of nitrogens with one attached hydrogen (secondary N) is 1. The summed E-state index contributed by atoms with van der Waals surface area (Å²) in [6.07, 6.45) is 8.68. The molecule has 3 aromatic rings. The lowest BCUT2D eigenvalue weighted by Crippen LogP contribution is -2.62. The molecular weight excluding hydrogens is 572 g/mol. The molecule has 2 aliphatic rings. The van der Waals surface area contributed by atoms with Gasteiger partial charge >= 0.3 is 0 Å². The molecule has 11 heteroatoms. The van der Waals surface area contributed by atoms with E-state index in [9.17, 15) is 9.90 Å². The Labute approximate surface area is 262 Å². The Morgan fingerprint density at radius 2 is 1.73 bits per heavy atom. The number of morpholine rings is 1. The van der Waals surface area contributed by atoms with Crippen LogP contribution in [-0.4, -0.2) is 81.7 Å². The second-order valence-electron chi connectivity index (χ2n) is 13.6. The summed E-state index contributed by atoms with van der Waals surface area (Å²) in [5.74, 6) is 0.0861. The van der Waals surface area contributed by atoms with Gasteiger partial charge in [0.2, 0.25) is 0 Å². The van der Waals surface area contributed by atoms with E-state index in [1.807, 2.05) is 22.8 Å². The number of anilines is 1. The third kappa shape index (κ3) is 6.48. The summed E-state index contributed by atoms with van der Waals surface area (Å²) in [6.45, 7) is 15.1. The van der Waals surface area contributed by atoms with Crippen molar-refractivity contribution < 1.29 is 19.1 Å². The van der Waals surface area contributed by atoms with E-state index in [2.05, 4.69) is 66.7 Å². The van der Waals surface area contributed by atoms with E-state index >= 15 is 0 Å². The molecule has 1 aromatic carbocycles. The molecule has 1 aliphatic heterocycles. The SMILES string of the molecule is CC(C)[Si](OC[C@@]1(CO)CN(C2CCCCC2)C[C@H](n2cnc3c(NC(=O)c4ccccc4)ncnc32)O1)(C(C)C)C(C)C. The van der Waals surface area contributed by atoms with Crippen LogP contribution in [0.15, 0.2) is 43.0 Å². The number of aliphatic hydroxyl groups is 1. The van der Waals surface area contributed by atoms with E-state index in [0.717, 1.165) is 12.8 Å². The number of carbonyl (C=O) groups excluding carboxylic acids is 1. The summed E-state index contributed by atoms with van der Waals surface area (Å²) in [6, 6.07) is 9.46. The van der Waals surface area contributed by atoms with Crippen molar-refractivity contribution in [2.45, 2.75) is 108 Å². The lowest BCUT2D eigenvalue weighted by Gasteiger charge is -2.51. The van der Waals surface area contributed by atoms with E-state index in [1.165, 1.54) is 25.6 Å². The Morgan fingerprint density at radius 1 is 1.05 bits per heavy atom. The van der Waals surface area contributed by atoms with Crippen LogP contribution in [0, 0.1) is 0 Å². The zero-order valence-corrected chi connectivity index (χ0v) is 28.2. The summed E-state index contributed by atoms with van der Waals surface area (Å²) >= 11 is 0. The smallest absolute Gasteiger partial charge is 0.256 e. The fraction of sp³-hybridized carbons (Fsp3) is 0.636. The molecule has 1 saturated carbocycles. The third-order valence-corrected chi connectivity index (χ3v) is 15.9.